The van der Waals surface area contributed by atoms with Crippen molar-refractivity contribution < 1.29 is 30.0 Å². The van der Waals surface area contributed by atoms with Crippen molar-refractivity contribution in [3.8, 4) is 0 Å². The minimum atomic E-state index is -5.54. The Balaban J connectivity index is 2.19. The average Bonchev–Trinajstić information content (AvgIpc) is 2.48. The van der Waals surface area contributed by atoms with E-state index in [0.717, 1.165) is 5.56 Å². The topological polar surface area (TPSA) is 92.3 Å². The molecule has 142 valence electrons. The maximum Gasteiger partial charge on any atom is 0.511 e. The van der Waals surface area contributed by atoms with Crippen molar-refractivity contribution in [1.82, 2.24) is 9.44 Å². The maximum atomic E-state index is 12.6. The average molecular weight is 400 g/mol. The number of hydrogen-bond acceptors (Lipinski definition) is 4. The monoisotopic (exact) mass is 400 g/mol. The lowest BCUT2D eigenvalue weighted by atomic mass is 9.92. The molecule has 1 aromatic carbocycles. The highest BCUT2D eigenvalue weighted by atomic mass is 32.2. The van der Waals surface area contributed by atoms with E-state index in [0.29, 0.717) is 12.8 Å². The van der Waals surface area contributed by atoms with Crippen LogP contribution in [0.3, 0.4) is 0 Å². The van der Waals surface area contributed by atoms with E-state index in [1.807, 2.05) is 0 Å². The van der Waals surface area contributed by atoms with Crippen LogP contribution >= 0.6 is 0 Å². The van der Waals surface area contributed by atoms with Gasteiger partial charge >= 0.3 is 15.5 Å². The van der Waals surface area contributed by atoms with Gasteiger partial charge in [-0.25, -0.2) is 26.3 Å². The molecule has 0 saturated heterocycles. The summed E-state index contributed by atoms with van der Waals surface area (Å²) < 4.78 is 89.1. The van der Waals surface area contributed by atoms with Gasteiger partial charge in [-0.3, -0.25) is 0 Å². The third-order valence-electron chi connectivity index (χ3n) is 4.02. The van der Waals surface area contributed by atoms with Gasteiger partial charge < -0.3 is 0 Å². The third-order valence-corrected chi connectivity index (χ3v) is 6.74. The minimum absolute atomic E-state index is 0.0268. The molecule has 0 heterocycles. The van der Waals surface area contributed by atoms with Crippen LogP contribution < -0.4 is 9.44 Å². The van der Waals surface area contributed by atoms with Crippen molar-refractivity contribution in [1.29, 1.82) is 0 Å². The number of alkyl halides is 3. The van der Waals surface area contributed by atoms with Crippen LogP contribution in [0.1, 0.15) is 31.2 Å². The molecule has 1 saturated carbocycles. The van der Waals surface area contributed by atoms with E-state index in [4.69, 9.17) is 0 Å². The summed E-state index contributed by atoms with van der Waals surface area (Å²) in [6.07, 6.45) is 1.46. The first-order valence-corrected chi connectivity index (χ1v) is 10.6. The highest BCUT2D eigenvalue weighted by molar-refractivity contribution is 7.90. The summed E-state index contributed by atoms with van der Waals surface area (Å²) in [6, 6.07) is 3.86. The molecule has 0 unspecified atom stereocenters. The molecule has 2 atom stereocenters. The molecule has 2 rings (SSSR count). The van der Waals surface area contributed by atoms with Gasteiger partial charge in [0.2, 0.25) is 10.0 Å². The first-order valence-electron chi connectivity index (χ1n) is 7.60. The molecule has 0 aromatic heterocycles. The molecule has 25 heavy (non-hydrogen) atoms. The summed E-state index contributed by atoms with van der Waals surface area (Å²) in [7, 11) is -9.51. The van der Waals surface area contributed by atoms with Gasteiger partial charge in [0.05, 0.1) is 4.90 Å². The fraction of sp³-hybridized carbons (Fsp3) is 0.571. The van der Waals surface area contributed by atoms with Crippen LogP contribution in [0.5, 0.6) is 0 Å². The predicted octanol–water partition coefficient (Wildman–Crippen LogP) is 2.02. The van der Waals surface area contributed by atoms with Gasteiger partial charge in [0, 0.05) is 12.1 Å². The molecule has 11 heteroatoms. The van der Waals surface area contributed by atoms with Crippen LogP contribution in [0.15, 0.2) is 29.2 Å². The van der Waals surface area contributed by atoms with Crippen molar-refractivity contribution in [3.63, 3.8) is 0 Å². The number of sulfonamides is 2. The third kappa shape index (κ3) is 4.93. The Morgan fingerprint density at radius 1 is 0.920 bits per heavy atom. The summed E-state index contributed by atoms with van der Waals surface area (Å²) in [5.74, 6) is 0. The number of benzene rings is 1. The highest BCUT2D eigenvalue weighted by Gasteiger charge is 2.48. The summed E-state index contributed by atoms with van der Waals surface area (Å²) in [5.41, 5.74) is -4.59. The van der Waals surface area contributed by atoms with Crippen molar-refractivity contribution in [2.75, 3.05) is 0 Å². The van der Waals surface area contributed by atoms with E-state index >= 15 is 0 Å². The van der Waals surface area contributed by atoms with Gasteiger partial charge in [0.15, 0.2) is 0 Å². The molecular formula is C14H19F3N2O4S2. The lowest BCUT2D eigenvalue weighted by Crippen LogP contribution is -2.55. The molecule has 6 nitrogen and oxygen atoms in total. The normalized spacial score (nSPS) is 22.7. The fourth-order valence-electron chi connectivity index (χ4n) is 2.66. The van der Waals surface area contributed by atoms with Crippen LogP contribution in [0.2, 0.25) is 0 Å². The smallest absolute Gasteiger partial charge is 0.207 e. The molecular weight excluding hydrogens is 381 g/mol. The van der Waals surface area contributed by atoms with Crippen LogP contribution in [-0.4, -0.2) is 34.4 Å². The van der Waals surface area contributed by atoms with Gasteiger partial charge in [-0.05, 0) is 31.9 Å². The van der Waals surface area contributed by atoms with E-state index in [1.165, 1.54) is 12.1 Å². The van der Waals surface area contributed by atoms with Gasteiger partial charge in [0.25, 0.3) is 0 Å². The van der Waals surface area contributed by atoms with Crippen molar-refractivity contribution in [2.24, 2.45) is 0 Å². The van der Waals surface area contributed by atoms with Crippen molar-refractivity contribution in [3.05, 3.63) is 29.8 Å². The second-order valence-electron chi connectivity index (χ2n) is 6.00. The zero-order valence-electron chi connectivity index (χ0n) is 13.4. The van der Waals surface area contributed by atoms with Crippen LogP contribution in [0.4, 0.5) is 13.2 Å². The molecule has 1 aliphatic carbocycles. The largest absolute Gasteiger partial charge is 0.511 e. The molecule has 0 spiro atoms. The molecule has 2 N–H and O–H groups in total. The first kappa shape index (κ1) is 20.1. The van der Waals surface area contributed by atoms with Crippen molar-refractivity contribution >= 4 is 20.0 Å². The number of rotatable bonds is 5. The van der Waals surface area contributed by atoms with Gasteiger partial charge in [0.1, 0.15) is 0 Å². The lowest BCUT2D eigenvalue weighted by molar-refractivity contribution is -0.0452. The van der Waals surface area contributed by atoms with E-state index in [-0.39, 0.29) is 17.7 Å². The van der Waals surface area contributed by atoms with E-state index in [1.54, 1.807) is 23.8 Å². The second-order valence-corrected chi connectivity index (χ2v) is 9.42. The Hall–Kier alpha value is -1.17. The first-order chi connectivity index (χ1) is 11.4. The predicted molar refractivity (Wildman–Crippen MR) is 85.7 cm³/mol. The Bertz CT molecular complexity index is 805. The van der Waals surface area contributed by atoms with Gasteiger partial charge in [-0.2, -0.15) is 13.2 Å². The quantitative estimate of drug-likeness (QED) is 0.791. The summed E-state index contributed by atoms with van der Waals surface area (Å²) >= 11 is 0. The molecule has 0 amide bonds. The van der Waals surface area contributed by atoms with Gasteiger partial charge in [-0.1, -0.05) is 30.5 Å². The minimum Gasteiger partial charge on any atom is -0.207 e. The van der Waals surface area contributed by atoms with Crippen LogP contribution in [0.25, 0.3) is 0 Å². The van der Waals surface area contributed by atoms with Crippen molar-refractivity contribution in [2.45, 2.75) is 55.1 Å². The summed E-state index contributed by atoms with van der Waals surface area (Å²) in [6.45, 7) is 1.78. The molecule has 0 bridgehead atoms. The van der Waals surface area contributed by atoms with Crippen LogP contribution in [-0.2, 0) is 20.0 Å². The number of halogens is 3. The highest BCUT2D eigenvalue weighted by Crippen LogP contribution is 2.26. The molecule has 0 aliphatic heterocycles. The molecule has 0 radical (unpaired) electrons. The molecule has 1 aromatic rings. The van der Waals surface area contributed by atoms with E-state index in [9.17, 15) is 30.0 Å². The fourth-order valence-corrected chi connectivity index (χ4v) is 4.79. The Morgan fingerprint density at radius 2 is 1.40 bits per heavy atom. The van der Waals surface area contributed by atoms with E-state index < -0.39 is 37.6 Å². The number of nitrogens with one attached hydrogen (secondary N) is 2. The van der Waals surface area contributed by atoms with E-state index in [2.05, 4.69) is 4.72 Å². The summed E-state index contributed by atoms with van der Waals surface area (Å²) in [5, 5.41) is 0. The van der Waals surface area contributed by atoms with Crippen LogP contribution in [0, 0.1) is 6.92 Å². The maximum absolute atomic E-state index is 12.6. The zero-order valence-corrected chi connectivity index (χ0v) is 15.0. The Morgan fingerprint density at radius 3 is 1.88 bits per heavy atom. The standard InChI is InChI=1S/C14H19F3N2O4S2/c1-10-6-8-11(9-7-10)24(20,21)18-12-4-2-3-5-13(12)19-25(22,23)14(15,16)17/h6-9,12-13,18-19H,2-5H2,1H3/t12-,13-/m0/s1. The Labute approximate surface area is 144 Å². The SMILES string of the molecule is Cc1ccc(S(=O)(=O)N[C@H]2CCCC[C@@H]2NS(=O)(=O)C(F)(F)F)cc1. The Kier molecular flexibility index (Phi) is 5.81. The summed E-state index contributed by atoms with van der Waals surface area (Å²) in [4.78, 5) is -0.0268. The molecule has 1 aliphatic rings. The number of aryl methyl sites for hydroxylation is 1. The zero-order chi connectivity index (χ0) is 18.9. The van der Waals surface area contributed by atoms with Gasteiger partial charge in [-0.15, -0.1) is 0 Å². The molecule has 1 fully saturated rings. The number of hydrogen-bond donors (Lipinski definition) is 2. The lowest BCUT2D eigenvalue weighted by Gasteiger charge is -2.32. The second kappa shape index (κ2) is 7.22.